The van der Waals surface area contributed by atoms with Gasteiger partial charge in [0.2, 0.25) is 0 Å². The van der Waals surface area contributed by atoms with Gasteiger partial charge in [0.1, 0.15) is 5.75 Å². The molecule has 2 aliphatic rings. The molecule has 17 heavy (non-hydrogen) atoms. The Hall–Kier alpha value is -1.06. The molecule has 1 heterocycles. The van der Waals surface area contributed by atoms with Crippen LogP contribution in [0.5, 0.6) is 5.75 Å². The molecule has 1 spiro atoms. The monoisotopic (exact) mass is 233 g/mol. The Labute approximate surface area is 102 Å². The highest BCUT2D eigenvalue weighted by atomic mass is 16.5. The van der Waals surface area contributed by atoms with Crippen molar-refractivity contribution in [2.24, 2.45) is 0 Å². The number of ether oxygens (including phenoxy) is 2. The topological polar surface area (TPSA) is 30.5 Å². The standard InChI is InChI=1S/C14H19NO2/c1-16-12-5-4-11-3-2-6-14(13(11)9-12)10-17-8-7-15-14/h4-5,9,15H,2-3,6-8,10H2,1H3/t14-/m0/s1. The number of aryl methyl sites for hydroxylation is 1. The average molecular weight is 233 g/mol. The fourth-order valence-electron chi connectivity index (χ4n) is 3.05. The molecule has 0 bridgehead atoms. The second kappa shape index (κ2) is 4.31. The van der Waals surface area contributed by atoms with E-state index in [0.29, 0.717) is 0 Å². The highest BCUT2D eigenvalue weighted by molar-refractivity contribution is 5.42. The van der Waals surface area contributed by atoms with Crippen LogP contribution in [-0.2, 0) is 16.7 Å². The van der Waals surface area contributed by atoms with E-state index in [2.05, 4.69) is 23.5 Å². The summed E-state index contributed by atoms with van der Waals surface area (Å²) in [5, 5.41) is 3.66. The Morgan fingerprint density at radius 1 is 1.41 bits per heavy atom. The Balaban J connectivity index is 2.04. The summed E-state index contributed by atoms with van der Waals surface area (Å²) in [5.41, 5.74) is 2.85. The molecule has 1 aliphatic heterocycles. The lowest BCUT2D eigenvalue weighted by molar-refractivity contribution is 0.0168. The molecule has 1 fully saturated rings. The average Bonchev–Trinajstić information content (AvgIpc) is 2.40. The van der Waals surface area contributed by atoms with Crippen LogP contribution in [0.4, 0.5) is 0 Å². The number of nitrogens with one attached hydrogen (secondary N) is 1. The van der Waals surface area contributed by atoms with Crippen molar-refractivity contribution in [1.82, 2.24) is 5.32 Å². The number of hydrogen-bond donors (Lipinski definition) is 1. The second-order valence-corrected chi connectivity index (χ2v) is 4.94. The minimum atomic E-state index is 0.0281. The SMILES string of the molecule is COc1ccc2c(c1)[C@]1(CCC2)COCCN1. The van der Waals surface area contributed by atoms with Crippen LogP contribution in [-0.4, -0.2) is 26.9 Å². The van der Waals surface area contributed by atoms with Gasteiger partial charge in [-0.25, -0.2) is 0 Å². The van der Waals surface area contributed by atoms with Gasteiger partial charge in [-0.3, -0.25) is 0 Å². The van der Waals surface area contributed by atoms with Crippen molar-refractivity contribution < 1.29 is 9.47 Å². The summed E-state index contributed by atoms with van der Waals surface area (Å²) < 4.78 is 11.0. The third-order valence-electron chi connectivity index (χ3n) is 3.94. The molecule has 1 aliphatic carbocycles. The maximum Gasteiger partial charge on any atom is 0.119 e. The van der Waals surface area contributed by atoms with E-state index in [1.807, 2.05) is 0 Å². The van der Waals surface area contributed by atoms with Crippen molar-refractivity contribution in [2.75, 3.05) is 26.9 Å². The Bertz CT molecular complexity index is 411. The second-order valence-electron chi connectivity index (χ2n) is 4.94. The molecule has 3 rings (SSSR count). The van der Waals surface area contributed by atoms with Gasteiger partial charge in [-0.05, 0) is 42.5 Å². The molecule has 0 amide bonds. The van der Waals surface area contributed by atoms with E-state index in [4.69, 9.17) is 9.47 Å². The molecular weight excluding hydrogens is 214 g/mol. The lowest BCUT2D eigenvalue weighted by Gasteiger charge is -2.42. The Morgan fingerprint density at radius 3 is 3.12 bits per heavy atom. The lowest BCUT2D eigenvalue weighted by Crippen LogP contribution is -2.53. The minimum Gasteiger partial charge on any atom is -0.497 e. The first-order valence-corrected chi connectivity index (χ1v) is 6.34. The fourth-order valence-corrected chi connectivity index (χ4v) is 3.05. The first-order chi connectivity index (χ1) is 8.34. The van der Waals surface area contributed by atoms with Gasteiger partial charge in [-0.1, -0.05) is 6.07 Å². The van der Waals surface area contributed by atoms with E-state index in [0.717, 1.165) is 31.9 Å². The highest BCUT2D eigenvalue weighted by Gasteiger charge is 2.38. The van der Waals surface area contributed by atoms with Crippen molar-refractivity contribution in [2.45, 2.75) is 24.8 Å². The van der Waals surface area contributed by atoms with Crippen LogP contribution >= 0.6 is 0 Å². The maximum absolute atomic E-state index is 5.69. The van der Waals surface area contributed by atoms with Gasteiger partial charge in [0.05, 0.1) is 25.9 Å². The molecule has 0 radical (unpaired) electrons. The highest BCUT2D eigenvalue weighted by Crippen LogP contribution is 2.38. The van der Waals surface area contributed by atoms with Crippen molar-refractivity contribution in [3.8, 4) is 5.75 Å². The summed E-state index contributed by atoms with van der Waals surface area (Å²) in [6.07, 6.45) is 3.56. The summed E-state index contributed by atoms with van der Waals surface area (Å²) in [6, 6.07) is 6.43. The van der Waals surface area contributed by atoms with E-state index < -0.39 is 0 Å². The predicted molar refractivity (Wildman–Crippen MR) is 66.4 cm³/mol. The molecule has 1 atom stereocenters. The van der Waals surface area contributed by atoms with Gasteiger partial charge >= 0.3 is 0 Å². The molecule has 0 unspecified atom stereocenters. The number of fused-ring (bicyclic) bond motifs is 2. The third-order valence-corrected chi connectivity index (χ3v) is 3.94. The first kappa shape index (κ1) is 11.1. The van der Waals surface area contributed by atoms with Crippen molar-refractivity contribution in [1.29, 1.82) is 0 Å². The van der Waals surface area contributed by atoms with Gasteiger partial charge < -0.3 is 14.8 Å². The number of rotatable bonds is 1. The van der Waals surface area contributed by atoms with Crippen molar-refractivity contribution >= 4 is 0 Å². The van der Waals surface area contributed by atoms with E-state index in [9.17, 15) is 0 Å². The largest absolute Gasteiger partial charge is 0.497 e. The number of benzene rings is 1. The summed E-state index contributed by atoms with van der Waals surface area (Å²) in [4.78, 5) is 0. The van der Waals surface area contributed by atoms with Crippen LogP contribution in [0.1, 0.15) is 24.0 Å². The summed E-state index contributed by atoms with van der Waals surface area (Å²) in [7, 11) is 1.72. The van der Waals surface area contributed by atoms with Crippen LogP contribution in [0.2, 0.25) is 0 Å². The maximum atomic E-state index is 5.69. The van der Waals surface area contributed by atoms with Crippen molar-refractivity contribution in [3.63, 3.8) is 0 Å². The summed E-state index contributed by atoms with van der Waals surface area (Å²) in [5.74, 6) is 0.942. The van der Waals surface area contributed by atoms with E-state index in [1.165, 1.54) is 24.0 Å². The van der Waals surface area contributed by atoms with E-state index in [1.54, 1.807) is 7.11 Å². The molecule has 0 aromatic heterocycles. The van der Waals surface area contributed by atoms with E-state index in [-0.39, 0.29) is 5.54 Å². The smallest absolute Gasteiger partial charge is 0.119 e. The molecule has 3 heteroatoms. The zero-order valence-corrected chi connectivity index (χ0v) is 10.3. The lowest BCUT2D eigenvalue weighted by atomic mass is 9.76. The molecule has 1 aromatic rings. The number of hydrogen-bond acceptors (Lipinski definition) is 3. The fraction of sp³-hybridized carbons (Fsp3) is 0.571. The van der Waals surface area contributed by atoms with Crippen LogP contribution in [0.15, 0.2) is 18.2 Å². The molecule has 0 saturated carbocycles. The predicted octanol–water partition coefficient (Wildman–Crippen LogP) is 1.85. The molecular formula is C14H19NO2. The Morgan fingerprint density at radius 2 is 2.35 bits per heavy atom. The minimum absolute atomic E-state index is 0.0281. The van der Waals surface area contributed by atoms with Gasteiger partial charge in [0.15, 0.2) is 0 Å². The molecule has 1 N–H and O–H groups in total. The zero-order valence-electron chi connectivity index (χ0n) is 10.3. The van der Waals surface area contributed by atoms with Crippen LogP contribution < -0.4 is 10.1 Å². The summed E-state index contributed by atoms with van der Waals surface area (Å²) >= 11 is 0. The number of methoxy groups -OCH3 is 1. The first-order valence-electron chi connectivity index (χ1n) is 6.34. The van der Waals surface area contributed by atoms with Gasteiger partial charge in [0, 0.05) is 6.54 Å². The van der Waals surface area contributed by atoms with Crippen molar-refractivity contribution in [3.05, 3.63) is 29.3 Å². The molecule has 1 aromatic carbocycles. The Kier molecular flexibility index (Phi) is 2.81. The summed E-state index contributed by atoms with van der Waals surface area (Å²) in [6.45, 7) is 2.55. The molecule has 3 nitrogen and oxygen atoms in total. The van der Waals surface area contributed by atoms with Gasteiger partial charge in [-0.15, -0.1) is 0 Å². The quantitative estimate of drug-likeness (QED) is 0.803. The van der Waals surface area contributed by atoms with Crippen LogP contribution in [0, 0.1) is 0 Å². The van der Waals surface area contributed by atoms with Gasteiger partial charge in [-0.2, -0.15) is 0 Å². The molecule has 92 valence electrons. The van der Waals surface area contributed by atoms with Crippen LogP contribution in [0.3, 0.4) is 0 Å². The van der Waals surface area contributed by atoms with Gasteiger partial charge in [0.25, 0.3) is 0 Å². The normalized spacial score (nSPS) is 27.8. The number of morpholine rings is 1. The third kappa shape index (κ3) is 1.83. The zero-order chi connectivity index (χ0) is 11.7. The van der Waals surface area contributed by atoms with E-state index >= 15 is 0 Å². The van der Waals surface area contributed by atoms with Crippen LogP contribution in [0.25, 0.3) is 0 Å². The molecule has 1 saturated heterocycles.